The van der Waals surface area contributed by atoms with Crippen LogP contribution >= 0.6 is 0 Å². The normalized spacial score (nSPS) is 10.2. The van der Waals surface area contributed by atoms with Crippen LogP contribution in [0.15, 0.2) is 34.9 Å². The Bertz CT molecular complexity index is 546. The van der Waals surface area contributed by atoms with Crippen LogP contribution in [0.5, 0.6) is 5.75 Å². The second-order valence-electron chi connectivity index (χ2n) is 4.13. The lowest BCUT2D eigenvalue weighted by Gasteiger charge is -2.04. The molecule has 100 valence electrons. The maximum absolute atomic E-state index is 11.7. The summed E-state index contributed by atoms with van der Waals surface area (Å²) in [6.45, 7) is 2.29. The molecule has 5 nitrogen and oxygen atoms in total. The summed E-state index contributed by atoms with van der Waals surface area (Å²) in [4.78, 5) is 15.5. The van der Waals surface area contributed by atoms with E-state index in [1.54, 1.807) is 14.0 Å². The van der Waals surface area contributed by atoms with Crippen molar-refractivity contribution in [3.63, 3.8) is 0 Å². The monoisotopic (exact) mass is 260 g/mol. The predicted octanol–water partition coefficient (Wildman–Crippen LogP) is 1.96. The van der Waals surface area contributed by atoms with E-state index in [2.05, 4.69) is 10.3 Å². The van der Waals surface area contributed by atoms with Crippen molar-refractivity contribution in [3.05, 3.63) is 47.7 Å². The smallest absolute Gasteiger partial charge is 0.307 e. The molecule has 1 heterocycles. The van der Waals surface area contributed by atoms with E-state index < -0.39 is 0 Å². The average Bonchev–Trinajstić information content (AvgIpc) is 2.86. The molecule has 0 saturated carbocycles. The summed E-state index contributed by atoms with van der Waals surface area (Å²) in [7, 11) is 1.63. The number of carbonyl (C=O) groups is 1. The first kappa shape index (κ1) is 13.1. The van der Waals surface area contributed by atoms with Gasteiger partial charge in [0.05, 0.1) is 13.3 Å². The first-order valence-corrected chi connectivity index (χ1v) is 6.02. The third-order valence-electron chi connectivity index (χ3n) is 2.67. The summed E-state index contributed by atoms with van der Waals surface area (Å²) in [6.07, 6.45) is 2.27. The molecular weight excluding hydrogens is 244 g/mol. The number of hydrogen-bond donors (Lipinski definition) is 1. The van der Waals surface area contributed by atoms with Gasteiger partial charge in [0.1, 0.15) is 11.5 Å². The van der Waals surface area contributed by atoms with Crippen molar-refractivity contribution >= 4 is 5.91 Å². The van der Waals surface area contributed by atoms with Gasteiger partial charge in [-0.05, 0) is 31.0 Å². The lowest BCUT2D eigenvalue weighted by Crippen LogP contribution is -2.25. The molecule has 0 aliphatic heterocycles. The van der Waals surface area contributed by atoms with Crippen molar-refractivity contribution in [3.8, 4) is 5.75 Å². The van der Waals surface area contributed by atoms with Gasteiger partial charge in [-0.15, -0.1) is 0 Å². The van der Waals surface area contributed by atoms with Gasteiger partial charge in [0.25, 0.3) is 5.89 Å². The molecule has 0 saturated heterocycles. The minimum Gasteiger partial charge on any atom is -0.497 e. The summed E-state index contributed by atoms with van der Waals surface area (Å²) in [5.74, 6) is 1.26. The van der Waals surface area contributed by atoms with Gasteiger partial charge in [-0.3, -0.25) is 4.79 Å². The molecule has 1 N–H and O–H groups in total. The topological polar surface area (TPSA) is 64.4 Å². The molecule has 2 rings (SSSR count). The molecule has 0 aliphatic rings. The Morgan fingerprint density at radius 3 is 2.68 bits per heavy atom. The molecule has 1 amide bonds. The van der Waals surface area contributed by atoms with E-state index in [0.29, 0.717) is 12.3 Å². The maximum Gasteiger partial charge on any atom is 0.307 e. The first-order valence-electron chi connectivity index (χ1n) is 6.02. The molecule has 0 atom stereocenters. The van der Waals surface area contributed by atoms with Crippen LogP contribution < -0.4 is 10.1 Å². The number of carbonyl (C=O) groups excluding carboxylic acids is 1. The van der Waals surface area contributed by atoms with E-state index in [1.807, 2.05) is 24.3 Å². The quantitative estimate of drug-likeness (QED) is 0.892. The molecular formula is C14H16N2O3. The zero-order valence-electron chi connectivity index (χ0n) is 11.0. The van der Waals surface area contributed by atoms with Crippen molar-refractivity contribution in [1.82, 2.24) is 10.3 Å². The molecule has 0 bridgehead atoms. The largest absolute Gasteiger partial charge is 0.497 e. The number of oxazole rings is 1. The number of nitrogens with zero attached hydrogens (tertiary/aromatic N) is 1. The Labute approximate surface area is 111 Å². The molecule has 0 unspecified atom stereocenters. The second-order valence-corrected chi connectivity index (χ2v) is 4.13. The van der Waals surface area contributed by atoms with Crippen LogP contribution in [0, 0.1) is 6.92 Å². The van der Waals surface area contributed by atoms with Crippen molar-refractivity contribution in [2.24, 2.45) is 0 Å². The third kappa shape index (κ3) is 3.58. The fraction of sp³-hybridized carbons (Fsp3) is 0.286. The van der Waals surface area contributed by atoms with Gasteiger partial charge in [-0.2, -0.15) is 0 Å². The van der Waals surface area contributed by atoms with Crippen LogP contribution in [-0.4, -0.2) is 24.5 Å². The van der Waals surface area contributed by atoms with Gasteiger partial charge in [-0.25, -0.2) is 4.98 Å². The molecule has 0 aliphatic carbocycles. The van der Waals surface area contributed by atoms with Crippen LogP contribution in [0.4, 0.5) is 0 Å². The highest BCUT2D eigenvalue weighted by Gasteiger charge is 2.10. The van der Waals surface area contributed by atoms with Crippen molar-refractivity contribution in [1.29, 1.82) is 0 Å². The first-order chi connectivity index (χ1) is 9.19. The third-order valence-corrected chi connectivity index (χ3v) is 2.67. The second kappa shape index (κ2) is 6.04. The molecule has 19 heavy (non-hydrogen) atoms. The zero-order valence-corrected chi connectivity index (χ0v) is 11.0. The number of aryl methyl sites for hydroxylation is 1. The minimum atomic E-state index is -0.290. The Hall–Kier alpha value is -2.30. The minimum absolute atomic E-state index is 0.104. The standard InChI is InChI=1S/C14H16N2O3/c1-10-9-16-14(19-10)13(17)15-8-7-11-3-5-12(18-2)6-4-11/h3-6,9H,7-8H2,1-2H3,(H,15,17). The Morgan fingerprint density at radius 2 is 2.11 bits per heavy atom. The summed E-state index contributed by atoms with van der Waals surface area (Å²) < 4.78 is 10.2. The SMILES string of the molecule is COc1ccc(CCNC(=O)c2ncc(C)o2)cc1. The number of rotatable bonds is 5. The molecule has 0 radical (unpaired) electrons. The fourth-order valence-electron chi connectivity index (χ4n) is 1.65. The van der Waals surface area contributed by atoms with Crippen LogP contribution in [-0.2, 0) is 6.42 Å². The Morgan fingerprint density at radius 1 is 1.37 bits per heavy atom. The van der Waals surface area contributed by atoms with Crippen LogP contribution in [0.25, 0.3) is 0 Å². The number of ether oxygens (including phenoxy) is 1. The highest BCUT2D eigenvalue weighted by molar-refractivity contribution is 5.89. The number of aromatic nitrogens is 1. The van der Waals surface area contributed by atoms with Crippen molar-refractivity contribution in [2.75, 3.05) is 13.7 Å². The highest BCUT2D eigenvalue weighted by Crippen LogP contribution is 2.11. The predicted molar refractivity (Wildman–Crippen MR) is 70.3 cm³/mol. The number of hydrogen-bond acceptors (Lipinski definition) is 4. The van der Waals surface area contributed by atoms with Crippen molar-refractivity contribution < 1.29 is 13.9 Å². The highest BCUT2D eigenvalue weighted by atomic mass is 16.5. The van der Waals surface area contributed by atoms with E-state index in [9.17, 15) is 4.79 Å². The lowest BCUT2D eigenvalue weighted by atomic mass is 10.1. The number of nitrogens with one attached hydrogen (secondary N) is 1. The van der Waals surface area contributed by atoms with Gasteiger partial charge in [0, 0.05) is 6.54 Å². The molecule has 2 aromatic rings. The van der Waals surface area contributed by atoms with E-state index in [0.717, 1.165) is 17.7 Å². The summed E-state index contributed by atoms with van der Waals surface area (Å²) in [5, 5.41) is 2.76. The van der Waals surface area contributed by atoms with E-state index >= 15 is 0 Å². The van der Waals surface area contributed by atoms with Gasteiger partial charge in [0.2, 0.25) is 0 Å². The van der Waals surface area contributed by atoms with E-state index in [-0.39, 0.29) is 11.8 Å². The number of benzene rings is 1. The molecule has 0 spiro atoms. The average molecular weight is 260 g/mol. The van der Waals surface area contributed by atoms with E-state index in [1.165, 1.54) is 6.20 Å². The van der Waals surface area contributed by atoms with Gasteiger partial charge >= 0.3 is 5.91 Å². The van der Waals surface area contributed by atoms with Gasteiger partial charge in [0.15, 0.2) is 0 Å². The van der Waals surface area contributed by atoms with Gasteiger partial charge in [-0.1, -0.05) is 12.1 Å². The van der Waals surface area contributed by atoms with Crippen LogP contribution in [0.2, 0.25) is 0 Å². The van der Waals surface area contributed by atoms with Crippen molar-refractivity contribution in [2.45, 2.75) is 13.3 Å². The lowest BCUT2D eigenvalue weighted by molar-refractivity contribution is 0.0918. The summed E-state index contributed by atoms with van der Waals surface area (Å²) >= 11 is 0. The number of amides is 1. The summed E-state index contributed by atoms with van der Waals surface area (Å²) in [6, 6.07) is 7.74. The Kier molecular flexibility index (Phi) is 4.18. The summed E-state index contributed by atoms with van der Waals surface area (Å²) in [5.41, 5.74) is 1.13. The molecule has 0 fully saturated rings. The van der Waals surface area contributed by atoms with Gasteiger partial charge < -0.3 is 14.5 Å². The Balaban J connectivity index is 1.81. The van der Waals surface area contributed by atoms with Crippen LogP contribution in [0.3, 0.4) is 0 Å². The molecule has 1 aromatic carbocycles. The molecule has 1 aromatic heterocycles. The zero-order chi connectivity index (χ0) is 13.7. The maximum atomic E-state index is 11.7. The molecule has 5 heteroatoms. The fourth-order valence-corrected chi connectivity index (χ4v) is 1.65. The van der Waals surface area contributed by atoms with E-state index in [4.69, 9.17) is 9.15 Å². The number of methoxy groups -OCH3 is 1. The van der Waals surface area contributed by atoms with Crippen LogP contribution in [0.1, 0.15) is 22.0 Å².